The van der Waals surface area contributed by atoms with Crippen molar-refractivity contribution < 1.29 is 19.1 Å². The maximum absolute atomic E-state index is 13.0. The molecule has 0 aromatic heterocycles. The number of amides is 2. The van der Waals surface area contributed by atoms with E-state index in [-0.39, 0.29) is 24.0 Å². The van der Waals surface area contributed by atoms with Crippen LogP contribution in [0.4, 0.5) is 9.18 Å². The summed E-state index contributed by atoms with van der Waals surface area (Å²) in [5, 5.41) is 11.4. The number of rotatable bonds is 6. The number of hydrogen-bond donors (Lipinski definition) is 2. The minimum Gasteiger partial charge on any atom is -0.481 e. The normalized spacial score (nSPS) is 11.8. The van der Waals surface area contributed by atoms with E-state index in [0.29, 0.717) is 12.1 Å². The van der Waals surface area contributed by atoms with Gasteiger partial charge in [-0.3, -0.25) is 4.79 Å². The largest absolute Gasteiger partial charge is 0.481 e. The molecular weight excluding hydrogens is 299 g/mol. The van der Waals surface area contributed by atoms with E-state index >= 15 is 0 Å². The number of aliphatic carboxylic acids is 1. The van der Waals surface area contributed by atoms with E-state index in [9.17, 15) is 14.0 Å². The van der Waals surface area contributed by atoms with Crippen molar-refractivity contribution >= 4 is 23.6 Å². The number of benzene rings is 1. The maximum Gasteiger partial charge on any atom is 0.317 e. The summed E-state index contributed by atoms with van der Waals surface area (Å²) in [4.78, 5) is 24.2. The van der Waals surface area contributed by atoms with E-state index in [1.165, 1.54) is 23.1 Å². The highest BCUT2D eigenvalue weighted by Gasteiger charge is 2.20. The van der Waals surface area contributed by atoms with Crippen LogP contribution < -0.4 is 5.32 Å². The molecule has 0 saturated carbocycles. The zero-order chi connectivity index (χ0) is 16.0. The second-order valence-electron chi connectivity index (χ2n) is 4.64. The van der Waals surface area contributed by atoms with Crippen molar-refractivity contribution in [2.24, 2.45) is 0 Å². The molecule has 2 amide bonds. The fourth-order valence-corrected chi connectivity index (χ4v) is 2.15. The SMILES string of the molecule is CCN(C(=O)NCc1ccc(F)c(Cl)c1)C(C)CC(=O)O. The molecule has 0 aliphatic heterocycles. The van der Waals surface area contributed by atoms with Crippen LogP contribution in [0.15, 0.2) is 18.2 Å². The van der Waals surface area contributed by atoms with Crippen molar-refractivity contribution in [3.05, 3.63) is 34.6 Å². The average molecular weight is 317 g/mol. The Morgan fingerprint density at radius 3 is 2.67 bits per heavy atom. The van der Waals surface area contributed by atoms with Crippen molar-refractivity contribution in [2.75, 3.05) is 6.54 Å². The Morgan fingerprint density at radius 2 is 2.14 bits per heavy atom. The average Bonchev–Trinajstić information content (AvgIpc) is 2.40. The lowest BCUT2D eigenvalue weighted by Crippen LogP contribution is -2.45. The molecule has 0 bridgehead atoms. The molecule has 0 saturated heterocycles. The number of carboxylic acid groups (broad SMARTS) is 1. The second kappa shape index (κ2) is 7.83. The van der Waals surface area contributed by atoms with Gasteiger partial charge in [0.15, 0.2) is 0 Å². The highest BCUT2D eigenvalue weighted by molar-refractivity contribution is 6.30. The molecule has 0 fully saturated rings. The van der Waals surface area contributed by atoms with Crippen LogP contribution in [-0.4, -0.2) is 34.6 Å². The number of hydrogen-bond acceptors (Lipinski definition) is 2. The molecule has 1 rings (SSSR count). The lowest BCUT2D eigenvalue weighted by Gasteiger charge is -2.27. The molecule has 5 nitrogen and oxygen atoms in total. The summed E-state index contributed by atoms with van der Waals surface area (Å²) in [7, 11) is 0. The predicted molar refractivity (Wildman–Crippen MR) is 77.7 cm³/mol. The molecule has 7 heteroatoms. The minimum atomic E-state index is -0.959. The van der Waals surface area contributed by atoms with Crippen LogP contribution in [0.5, 0.6) is 0 Å². The molecular formula is C14H18ClFN2O3. The Balaban J connectivity index is 2.61. The van der Waals surface area contributed by atoms with Gasteiger partial charge in [0, 0.05) is 19.1 Å². The van der Waals surface area contributed by atoms with Gasteiger partial charge < -0.3 is 15.3 Å². The predicted octanol–water partition coefficient (Wildman–Crippen LogP) is 2.87. The first kappa shape index (κ1) is 17.2. The zero-order valence-electron chi connectivity index (χ0n) is 11.9. The lowest BCUT2D eigenvalue weighted by atomic mass is 10.2. The molecule has 2 N–H and O–H groups in total. The number of nitrogens with zero attached hydrogens (tertiary/aromatic N) is 1. The maximum atomic E-state index is 13.0. The Labute approximate surface area is 127 Å². The van der Waals surface area contributed by atoms with Crippen molar-refractivity contribution in [2.45, 2.75) is 32.9 Å². The summed E-state index contributed by atoms with van der Waals surface area (Å²) < 4.78 is 13.0. The smallest absolute Gasteiger partial charge is 0.317 e. The van der Waals surface area contributed by atoms with E-state index in [1.54, 1.807) is 13.8 Å². The molecule has 1 aromatic rings. The van der Waals surface area contributed by atoms with Crippen LogP contribution in [0.2, 0.25) is 5.02 Å². The van der Waals surface area contributed by atoms with E-state index in [0.717, 1.165) is 0 Å². The van der Waals surface area contributed by atoms with E-state index in [4.69, 9.17) is 16.7 Å². The van der Waals surface area contributed by atoms with Gasteiger partial charge >= 0.3 is 12.0 Å². The van der Waals surface area contributed by atoms with E-state index in [1.807, 2.05) is 0 Å². The van der Waals surface area contributed by atoms with Gasteiger partial charge in [0.25, 0.3) is 0 Å². The summed E-state index contributed by atoms with van der Waals surface area (Å²) in [6.45, 7) is 4.03. The van der Waals surface area contributed by atoms with Crippen LogP contribution in [0, 0.1) is 5.82 Å². The number of urea groups is 1. The monoisotopic (exact) mass is 316 g/mol. The molecule has 21 heavy (non-hydrogen) atoms. The zero-order valence-corrected chi connectivity index (χ0v) is 12.7. The number of carbonyl (C=O) groups is 2. The number of halogens is 2. The van der Waals surface area contributed by atoms with Crippen LogP contribution in [0.1, 0.15) is 25.8 Å². The van der Waals surface area contributed by atoms with Gasteiger partial charge in [-0.2, -0.15) is 0 Å². The Bertz CT molecular complexity index is 525. The third-order valence-corrected chi connectivity index (χ3v) is 3.32. The van der Waals surface area contributed by atoms with E-state index in [2.05, 4.69) is 5.32 Å². The van der Waals surface area contributed by atoms with Crippen LogP contribution in [0.25, 0.3) is 0 Å². The van der Waals surface area contributed by atoms with Crippen LogP contribution in [-0.2, 0) is 11.3 Å². The minimum absolute atomic E-state index is 0.00616. The van der Waals surface area contributed by atoms with Crippen molar-refractivity contribution in [3.63, 3.8) is 0 Å². The molecule has 0 aliphatic carbocycles. The summed E-state index contributed by atoms with van der Waals surface area (Å²) >= 11 is 5.66. The molecule has 116 valence electrons. The van der Waals surface area contributed by atoms with Crippen molar-refractivity contribution in [1.29, 1.82) is 0 Å². The third kappa shape index (κ3) is 5.23. The first-order chi connectivity index (χ1) is 9.85. The van der Waals surface area contributed by atoms with Gasteiger partial charge in [-0.1, -0.05) is 17.7 Å². The Hall–Kier alpha value is -1.82. The molecule has 1 atom stereocenters. The van der Waals surface area contributed by atoms with Gasteiger partial charge in [-0.25, -0.2) is 9.18 Å². The third-order valence-electron chi connectivity index (χ3n) is 3.03. The summed E-state index contributed by atoms with van der Waals surface area (Å²) in [5.41, 5.74) is 0.664. The molecule has 0 aliphatic rings. The molecule has 1 aromatic carbocycles. The number of nitrogens with one attached hydrogen (secondary N) is 1. The molecule has 0 spiro atoms. The topological polar surface area (TPSA) is 69.6 Å². The molecule has 0 heterocycles. The van der Waals surface area contributed by atoms with Crippen molar-refractivity contribution in [1.82, 2.24) is 10.2 Å². The van der Waals surface area contributed by atoms with Crippen LogP contribution in [0.3, 0.4) is 0 Å². The highest BCUT2D eigenvalue weighted by atomic mass is 35.5. The number of carboxylic acids is 1. The Morgan fingerprint density at radius 1 is 1.48 bits per heavy atom. The van der Waals surface area contributed by atoms with Gasteiger partial charge in [-0.15, -0.1) is 0 Å². The quantitative estimate of drug-likeness (QED) is 0.848. The first-order valence-corrected chi connectivity index (χ1v) is 6.93. The van der Waals surface area contributed by atoms with Gasteiger partial charge in [0.2, 0.25) is 0 Å². The molecule has 1 unspecified atom stereocenters. The number of carbonyl (C=O) groups excluding carboxylic acids is 1. The second-order valence-corrected chi connectivity index (χ2v) is 5.05. The molecule has 0 radical (unpaired) electrons. The highest BCUT2D eigenvalue weighted by Crippen LogP contribution is 2.16. The summed E-state index contributed by atoms with van der Waals surface area (Å²) in [6, 6.07) is 3.41. The van der Waals surface area contributed by atoms with Gasteiger partial charge in [0.1, 0.15) is 5.82 Å². The van der Waals surface area contributed by atoms with Gasteiger partial charge in [0.05, 0.1) is 11.4 Å². The summed E-state index contributed by atoms with van der Waals surface area (Å²) in [5.74, 6) is -1.48. The van der Waals surface area contributed by atoms with E-state index < -0.39 is 17.8 Å². The fourth-order valence-electron chi connectivity index (χ4n) is 1.95. The fraction of sp³-hybridized carbons (Fsp3) is 0.429. The summed E-state index contributed by atoms with van der Waals surface area (Å²) in [6.07, 6.45) is -0.121. The Kier molecular flexibility index (Phi) is 6.42. The van der Waals surface area contributed by atoms with Crippen LogP contribution >= 0.6 is 11.6 Å². The van der Waals surface area contributed by atoms with Gasteiger partial charge in [-0.05, 0) is 31.5 Å². The first-order valence-electron chi connectivity index (χ1n) is 6.55. The lowest BCUT2D eigenvalue weighted by molar-refractivity contribution is -0.138. The standard InChI is InChI=1S/C14H18ClFN2O3/c1-3-18(9(2)6-13(19)20)14(21)17-8-10-4-5-12(16)11(15)7-10/h4-5,7,9H,3,6,8H2,1-2H3,(H,17,21)(H,19,20). The van der Waals surface area contributed by atoms with Crippen molar-refractivity contribution in [3.8, 4) is 0 Å².